The first-order chi connectivity index (χ1) is 17.3. The van der Waals surface area contributed by atoms with Crippen LogP contribution in [0.25, 0.3) is 33.6 Å². The first-order valence-corrected chi connectivity index (χ1v) is 11.8. The van der Waals surface area contributed by atoms with Gasteiger partial charge in [0.15, 0.2) is 0 Å². The van der Waals surface area contributed by atoms with Crippen molar-refractivity contribution in [3.8, 4) is 33.6 Å². The van der Waals surface area contributed by atoms with Crippen LogP contribution >= 0.6 is 0 Å². The number of carbonyl (C=O) groups is 1. The molecule has 4 aromatic rings. The largest absolute Gasteiger partial charge is 0.460 e. The van der Waals surface area contributed by atoms with E-state index in [0.717, 1.165) is 27.8 Å². The third kappa shape index (κ3) is 4.93. The summed E-state index contributed by atoms with van der Waals surface area (Å²) < 4.78 is 46.4. The fourth-order valence-electron chi connectivity index (χ4n) is 4.46. The van der Waals surface area contributed by atoms with Gasteiger partial charge in [0.1, 0.15) is 17.3 Å². The number of amides is 1. The van der Waals surface area contributed by atoms with Gasteiger partial charge in [-0.1, -0.05) is 30.3 Å². The van der Waals surface area contributed by atoms with Gasteiger partial charge in [-0.05, 0) is 70.8 Å². The van der Waals surface area contributed by atoms with Crippen LogP contribution in [0.3, 0.4) is 0 Å². The number of nitrogens with zero attached hydrogens (tertiary/aromatic N) is 1. The molecule has 7 heteroatoms. The minimum Gasteiger partial charge on any atom is -0.460 e. The van der Waals surface area contributed by atoms with Gasteiger partial charge >= 0.3 is 0 Å². The summed E-state index contributed by atoms with van der Waals surface area (Å²) in [6.07, 6.45) is -0.616. The number of hydrogen-bond donors (Lipinski definition) is 1. The summed E-state index contributed by atoms with van der Waals surface area (Å²) >= 11 is 0. The molecule has 184 valence electrons. The Labute approximate surface area is 207 Å². The number of hydrogen-bond acceptors (Lipinski definition) is 3. The Morgan fingerprint density at radius 1 is 0.833 bits per heavy atom. The number of benzene rings is 3. The summed E-state index contributed by atoms with van der Waals surface area (Å²) in [6.45, 7) is 0.387. The van der Waals surface area contributed by atoms with E-state index < -0.39 is 5.92 Å². The number of carbonyl (C=O) groups excluding carboxylic acids is 1. The highest BCUT2D eigenvalue weighted by Crippen LogP contribution is 2.37. The molecule has 36 heavy (non-hydrogen) atoms. The van der Waals surface area contributed by atoms with Crippen molar-refractivity contribution in [2.24, 2.45) is 5.73 Å². The van der Waals surface area contributed by atoms with Gasteiger partial charge in [-0.15, -0.1) is 0 Å². The van der Waals surface area contributed by atoms with Gasteiger partial charge in [-0.25, -0.2) is 13.2 Å². The number of halogens is 3. The summed E-state index contributed by atoms with van der Waals surface area (Å²) in [7, 11) is 0. The predicted molar refractivity (Wildman–Crippen MR) is 133 cm³/mol. The van der Waals surface area contributed by atoms with Crippen molar-refractivity contribution in [2.75, 3.05) is 13.1 Å². The molecular weight excluding hydrogens is 465 g/mol. The molecule has 0 atom stereocenters. The molecule has 0 aliphatic carbocycles. The van der Waals surface area contributed by atoms with Crippen LogP contribution in [0.2, 0.25) is 0 Å². The van der Waals surface area contributed by atoms with E-state index in [1.54, 1.807) is 24.3 Å². The van der Waals surface area contributed by atoms with Crippen LogP contribution < -0.4 is 5.73 Å². The van der Waals surface area contributed by atoms with Crippen molar-refractivity contribution in [3.63, 3.8) is 0 Å². The zero-order chi connectivity index (χ0) is 25.3. The smallest absolute Gasteiger partial charge is 0.253 e. The van der Waals surface area contributed by atoms with E-state index in [2.05, 4.69) is 0 Å². The number of likely N-dealkylation sites (tertiary alicyclic amines) is 1. The Hall–Kier alpha value is -3.84. The van der Waals surface area contributed by atoms with E-state index in [-0.39, 0.29) is 44.2 Å². The normalized spacial score (nSPS) is 15.2. The lowest BCUT2D eigenvalue weighted by Crippen LogP contribution is -2.42. The van der Waals surface area contributed by atoms with Crippen LogP contribution in [0.4, 0.5) is 13.2 Å². The van der Waals surface area contributed by atoms with Crippen molar-refractivity contribution in [1.29, 1.82) is 0 Å². The minimum absolute atomic E-state index is 0.0503. The summed E-state index contributed by atoms with van der Waals surface area (Å²) in [5.74, 6) is -1.94. The minimum atomic E-state index is -2.70. The van der Waals surface area contributed by atoms with Crippen molar-refractivity contribution in [3.05, 3.63) is 96.0 Å². The quantitative estimate of drug-likeness (QED) is 0.337. The topological polar surface area (TPSA) is 59.5 Å². The van der Waals surface area contributed by atoms with Gasteiger partial charge in [0.2, 0.25) is 0 Å². The molecule has 1 aliphatic rings. The Bertz CT molecular complexity index is 1370. The Morgan fingerprint density at radius 3 is 2.11 bits per heavy atom. The predicted octanol–water partition coefficient (Wildman–Crippen LogP) is 6.75. The van der Waals surface area contributed by atoms with Crippen LogP contribution in [0.1, 0.15) is 29.0 Å². The molecule has 5 rings (SSSR count). The maximum atomic E-state index is 13.6. The molecule has 3 aromatic carbocycles. The van der Waals surface area contributed by atoms with Crippen molar-refractivity contribution in [1.82, 2.24) is 4.90 Å². The molecule has 1 fully saturated rings. The highest BCUT2D eigenvalue weighted by Gasteiger charge is 2.35. The molecule has 0 unspecified atom stereocenters. The Kier molecular flexibility index (Phi) is 6.41. The summed E-state index contributed by atoms with van der Waals surface area (Å²) in [5.41, 5.74) is 10.5. The second-order valence-corrected chi connectivity index (χ2v) is 8.96. The molecule has 0 spiro atoms. The number of piperidine rings is 1. The summed E-state index contributed by atoms with van der Waals surface area (Å²) in [6, 6.07) is 23.0. The number of nitrogens with two attached hydrogens (primary N) is 1. The maximum absolute atomic E-state index is 13.6. The zero-order valence-electron chi connectivity index (χ0n) is 19.5. The lowest BCUT2D eigenvalue weighted by Gasteiger charge is -2.31. The molecule has 1 aromatic heterocycles. The van der Waals surface area contributed by atoms with Gasteiger partial charge in [-0.2, -0.15) is 0 Å². The molecule has 0 bridgehead atoms. The highest BCUT2D eigenvalue weighted by atomic mass is 19.3. The van der Waals surface area contributed by atoms with Gasteiger partial charge < -0.3 is 15.1 Å². The maximum Gasteiger partial charge on any atom is 0.253 e. The van der Waals surface area contributed by atoms with Crippen LogP contribution in [-0.4, -0.2) is 29.8 Å². The Morgan fingerprint density at radius 2 is 1.47 bits per heavy atom. The van der Waals surface area contributed by atoms with Gasteiger partial charge in [0.25, 0.3) is 11.8 Å². The molecule has 2 N–H and O–H groups in total. The van der Waals surface area contributed by atoms with Gasteiger partial charge in [-0.3, -0.25) is 4.79 Å². The average molecular weight is 491 g/mol. The van der Waals surface area contributed by atoms with Crippen LogP contribution in [-0.2, 0) is 6.54 Å². The van der Waals surface area contributed by atoms with Gasteiger partial charge in [0, 0.05) is 37.1 Å². The summed E-state index contributed by atoms with van der Waals surface area (Å²) in [4.78, 5) is 14.3. The fraction of sp³-hybridized carbons (Fsp3) is 0.207. The molecule has 1 amide bonds. The molecule has 4 nitrogen and oxygen atoms in total. The van der Waals surface area contributed by atoms with E-state index >= 15 is 0 Å². The number of furan rings is 1. The van der Waals surface area contributed by atoms with Crippen molar-refractivity contribution < 1.29 is 22.4 Å². The molecule has 1 saturated heterocycles. The molecule has 2 heterocycles. The number of rotatable bonds is 5. The monoisotopic (exact) mass is 490 g/mol. The SMILES string of the molecule is NCc1ccc(-c2ccc(-c3ccc(C(=O)N4CCC(F)(F)CC4)cc3)cc2-c2ccc(F)cc2)o1. The molecule has 0 radical (unpaired) electrons. The van der Waals surface area contributed by atoms with E-state index in [0.29, 0.717) is 17.1 Å². The third-order valence-electron chi connectivity index (χ3n) is 6.55. The van der Waals surface area contributed by atoms with Crippen molar-refractivity contribution in [2.45, 2.75) is 25.3 Å². The fourth-order valence-corrected chi connectivity index (χ4v) is 4.46. The third-order valence-corrected chi connectivity index (χ3v) is 6.55. The average Bonchev–Trinajstić information content (AvgIpc) is 3.38. The molecule has 0 saturated carbocycles. The second-order valence-electron chi connectivity index (χ2n) is 8.96. The number of alkyl halides is 2. The van der Waals surface area contributed by atoms with Crippen LogP contribution in [0.15, 0.2) is 83.3 Å². The standard InChI is InChI=1S/C29H25F3N2O2/c30-23-8-5-20(6-9-23)26-17-22(7-11-25(26)27-12-10-24(18-33)36-27)19-1-3-21(4-2-19)28(35)34-15-13-29(31,32)14-16-34/h1-12,17H,13-16,18,33H2. The van der Waals surface area contributed by atoms with Gasteiger partial charge in [0.05, 0.1) is 6.54 Å². The first-order valence-electron chi connectivity index (χ1n) is 11.8. The summed E-state index contributed by atoms with van der Waals surface area (Å²) in [5, 5.41) is 0. The second kappa shape index (κ2) is 9.66. The highest BCUT2D eigenvalue weighted by molar-refractivity contribution is 5.95. The molecular formula is C29H25F3N2O2. The van der Waals surface area contributed by atoms with Crippen LogP contribution in [0.5, 0.6) is 0 Å². The van der Waals surface area contributed by atoms with E-state index in [1.165, 1.54) is 17.0 Å². The van der Waals surface area contributed by atoms with Crippen LogP contribution in [0, 0.1) is 5.82 Å². The molecule has 1 aliphatic heterocycles. The Balaban J connectivity index is 1.45. The van der Waals surface area contributed by atoms with E-state index in [9.17, 15) is 18.0 Å². The lowest BCUT2D eigenvalue weighted by molar-refractivity contribution is -0.0494. The first kappa shape index (κ1) is 23.9. The zero-order valence-corrected chi connectivity index (χ0v) is 19.5. The van der Waals surface area contributed by atoms with E-state index in [1.807, 2.05) is 42.5 Å². The lowest BCUT2D eigenvalue weighted by atomic mass is 9.93. The van der Waals surface area contributed by atoms with Crippen molar-refractivity contribution >= 4 is 5.91 Å². The van der Waals surface area contributed by atoms with E-state index in [4.69, 9.17) is 10.2 Å².